The second-order valence-electron chi connectivity index (χ2n) is 7.27. The highest BCUT2D eigenvalue weighted by molar-refractivity contribution is 7.92. The van der Waals surface area contributed by atoms with Gasteiger partial charge in [-0.25, -0.2) is 17.8 Å². The van der Waals surface area contributed by atoms with E-state index in [1.165, 1.54) is 15.7 Å². The third kappa shape index (κ3) is 3.56. The summed E-state index contributed by atoms with van der Waals surface area (Å²) >= 11 is 1.35. The van der Waals surface area contributed by atoms with E-state index in [1.54, 1.807) is 25.1 Å². The number of para-hydroxylation sites is 1. The molecule has 0 amide bonds. The first kappa shape index (κ1) is 20.0. The van der Waals surface area contributed by atoms with Crippen molar-refractivity contribution in [1.82, 2.24) is 9.38 Å². The lowest BCUT2D eigenvalue weighted by molar-refractivity contribution is 0.122. The van der Waals surface area contributed by atoms with Crippen molar-refractivity contribution in [3.05, 3.63) is 64.6 Å². The highest BCUT2D eigenvalue weighted by Crippen LogP contribution is 2.26. The summed E-state index contributed by atoms with van der Waals surface area (Å²) in [4.78, 5) is 19.9. The van der Waals surface area contributed by atoms with Gasteiger partial charge in [-0.05, 0) is 43.3 Å². The molecule has 1 aliphatic heterocycles. The zero-order valence-corrected chi connectivity index (χ0v) is 18.4. The molecule has 1 aliphatic rings. The Morgan fingerprint density at radius 2 is 1.77 bits per heavy atom. The smallest absolute Gasteiger partial charge is 0.280 e. The zero-order valence-electron chi connectivity index (χ0n) is 16.7. The maximum absolute atomic E-state index is 13.2. The molecule has 1 saturated heterocycles. The van der Waals surface area contributed by atoms with Crippen LogP contribution in [0.25, 0.3) is 15.2 Å². The summed E-state index contributed by atoms with van der Waals surface area (Å²) in [6.45, 7) is 4.47. The second kappa shape index (κ2) is 7.63. The molecule has 0 unspecified atom stereocenters. The van der Waals surface area contributed by atoms with Gasteiger partial charge in [-0.3, -0.25) is 9.52 Å². The number of aromatic nitrogens is 2. The second-order valence-corrected chi connectivity index (χ2v) is 9.90. The lowest BCUT2D eigenvalue weighted by Crippen LogP contribution is -2.36. The summed E-state index contributed by atoms with van der Waals surface area (Å²) < 4.78 is 36.4. The normalized spacial score (nSPS) is 14.9. The van der Waals surface area contributed by atoms with Crippen molar-refractivity contribution in [1.29, 1.82) is 0 Å². The zero-order chi connectivity index (χ0) is 21.6. The van der Waals surface area contributed by atoms with Gasteiger partial charge in [0.15, 0.2) is 9.86 Å². The van der Waals surface area contributed by atoms with E-state index >= 15 is 0 Å². The van der Waals surface area contributed by atoms with Gasteiger partial charge in [0.1, 0.15) is 0 Å². The summed E-state index contributed by atoms with van der Waals surface area (Å²) in [5, 5.41) is 0. The molecule has 31 heavy (non-hydrogen) atoms. The van der Waals surface area contributed by atoms with Crippen LogP contribution in [0, 0.1) is 6.92 Å². The molecule has 2 aromatic heterocycles. The topological polar surface area (TPSA) is 93.0 Å². The monoisotopic (exact) mass is 456 g/mol. The Bertz CT molecular complexity index is 1440. The number of fused-ring (bicyclic) bond motifs is 3. The highest BCUT2D eigenvalue weighted by atomic mass is 32.2. The van der Waals surface area contributed by atoms with Gasteiger partial charge < -0.3 is 9.64 Å². The fraction of sp³-hybridized carbons (Fsp3) is 0.238. The van der Waals surface area contributed by atoms with Gasteiger partial charge in [0.25, 0.3) is 15.6 Å². The van der Waals surface area contributed by atoms with E-state index in [2.05, 4.69) is 14.6 Å². The number of nitrogens with one attached hydrogen (secondary N) is 1. The summed E-state index contributed by atoms with van der Waals surface area (Å²) in [5.41, 5.74) is 1.60. The minimum Gasteiger partial charge on any atom is -0.378 e. The Kier molecular flexibility index (Phi) is 4.92. The molecule has 0 radical (unpaired) electrons. The molecule has 1 N–H and O–H groups in total. The standard InChI is InChI=1S/C21H20N4O4S2/c1-14-19(20(26)25-17-4-2-3-5-18(17)30-21(25)22-14)31(27,28)23-15-6-8-16(9-7-15)24-10-12-29-13-11-24/h2-9,23H,10-13H2,1H3. The van der Waals surface area contributed by atoms with Gasteiger partial charge in [-0.1, -0.05) is 23.5 Å². The number of thiazole rings is 1. The van der Waals surface area contributed by atoms with Crippen LogP contribution in [0.2, 0.25) is 0 Å². The minimum absolute atomic E-state index is 0.175. The molecule has 5 rings (SSSR count). The number of sulfonamides is 1. The maximum Gasteiger partial charge on any atom is 0.280 e. The predicted octanol–water partition coefficient (Wildman–Crippen LogP) is 2.86. The van der Waals surface area contributed by atoms with Crippen molar-refractivity contribution >= 4 is 47.9 Å². The predicted molar refractivity (Wildman–Crippen MR) is 122 cm³/mol. The Morgan fingerprint density at radius 1 is 1.06 bits per heavy atom. The van der Waals surface area contributed by atoms with Gasteiger partial charge in [-0.2, -0.15) is 0 Å². The van der Waals surface area contributed by atoms with Gasteiger partial charge >= 0.3 is 0 Å². The van der Waals surface area contributed by atoms with Crippen LogP contribution in [-0.2, 0) is 14.8 Å². The average molecular weight is 457 g/mol. The molecular weight excluding hydrogens is 436 g/mol. The van der Waals surface area contributed by atoms with E-state index in [4.69, 9.17) is 4.74 Å². The van der Waals surface area contributed by atoms with Crippen LogP contribution in [-0.4, -0.2) is 44.1 Å². The van der Waals surface area contributed by atoms with Crippen molar-refractivity contribution in [3.63, 3.8) is 0 Å². The number of nitrogens with zero attached hydrogens (tertiary/aromatic N) is 3. The molecule has 0 spiro atoms. The summed E-state index contributed by atoms with van der Waals surface area (Å²) in [5.74, 6) is 0. The van der Waals surface area contributed by atoms with E-state index in [0.29, 0.717) is 29.4 Å². The first-order valence-corrected chi connectivity index (χ1v) is 12.1. The Labute approximate surface area is 182 Å². The maximum atomic E-state index is 13.2. The average Bonchev–Trinajstić information content (AvgIpc) is 3.12. The molecule has 160 valence electrons. The van der Waals surface area contributed by atoms with Gasteiger partial charge in [-0.15, -0.1) is 0 Å². The molecular formula is C21H20N4O4S2. The molecule has 0 saturated carbocycles. The minimum atomic E-state index is -4.13. The molecule has 4 aromatic rings. The van der Waals surface area contributed by atoms with E-state index in [0.717, 1.165) is 23.5 Å². The van der Waals surface area contributed by atoms with Crippen molar-refractivity contribution < 1.29 is 13.2 Å². The van der Waals surface area contributed by atoms with Crippen molar-refractivity contribution in [2.24, 2.45) is 0 Å². The number of morpholine rings is 1. The van der Waals surface area contributed by atoms with Crippen LogP contribution in [0.3, 0.4) is 0 Å². The number of hydrogen-bond donors (Lipinski definition) is 1. The number of hydrogen-bond acceptors (Lipinski definition) is 7. The molecule has 0 aliphatic carbocycles. The van der Waals surface area contributed by atoms with Gasteiger partial charge in [0.2, 0.25) is 0 Å². The third-order valence-corrected chi connectivity index (χ3v) is 7.79. The number of aryl methyl sites for hydroxylation is 1. The molecule has 2 aromatic carbocycles. The highest BCUT2D eigenvalue weighted by Gasteiger charge is 2.25. The van der Waals surface area contributed by atoms with Crippen LogP contribution in [0.4, 0.5) is 11.4 Å². The van der Waals surface area contributed by atoms with Crippen LogP contribution in [0.5, 0.6) is 0 Å². The number of ether oxygens (including phenoxy) is 1. The first-order chi connectivity index (χ1) is 14.9. The Morgan fingerprint density at radius 3 is 2.52 bits per heavy atom. The number of rotatable bonds is 4. The summed E-state index contributed by atoms with van der Waals surface area (Å²) in [6.07, 6.45) is 0. The Balaban J connectivity index is 1.52. The summed E-state index contributed by atoms with van der Waals surface area (Å²) in [7, 11) is -4.13. The summed E-state index contributed by atoms with van der Waals surface area (Å²) in [6, 6.07) is 14.5. The van der Waals surface area contributed by atoms with Crippen molar-refractivity contribution in [2.45, 2.75) is 11.8 Å². The largest absolute Gasteiger partial charge is 0.378 e. The van der Waals surface area contributed by atoms with Crippen molar-refractivity contribution in [3.8, 4) is 0 Å². The van der Waals surface area contributed by atoms with Crippen LogP contribution in [0.15, 0.2) is 58.2 Å². The van der Waals surface area contributed by atoms with Crippen LogP contribution in [0.1, 0.15) is 5.69 Å². The van der Waals surface area contributed by atoms with E-state index in [-0.39, 0.29) is 10.6 Å². The fourth-order valence-electron chi connectivity index (χ4n) is 3.77. The van der Waals surface area contributed by atoms with Gasteiger partial charge in [0.05, 0.1) is 29.1 Å². The van der Waals surface area contributed by atoms with Gasteiger partial charge in [0, 0.05) is 24.5 Å². The van der Waals surface area contributed by atoms with Crippen LogP contribution < -0.4 is 15.2 Å². The molecule has 8 nitrogen and oxygen atoms in total. The first-order valence-electron chi connectivity index (χ1n) is 9.80. The molecule has 0 atom stereocenters. The molecule has 3 heterocycles. The molecule has 0 bridgehead atoms. The van der Waals surface area contributed by atoms with E-state index in [1.807, 2.05) is 30.3 Å². The third-order valence-electron chi connectivity index (χ3n) is 5.25. The van der Waals surface area contributed by atoms with E-state index < -0.39 is 15.6 Å². The molecule has 1 fully saturated rings. The fourth-order valence-corrected chi connectivity index (χ4v) is 6.14. The molecule has 10 heteroatoms. The van der Waals surface area contributed by atoms with Crippen molar-refractivity contribution in [2.75, 3.05) is 35.9 Å². The number of anilines is 2. The SMILES string of the molecule is Cc1nc2sc3ccccc3n2c(=O)c1S(=O)(=O)Nc1ccc(N2CCOCC2)cc1. The lowest BCUT2D eigenvalue weighted by Gasteiger charge is -2.28. The van der Waals surface area contributed by atoms with E-state index in [9.17, 15) is 13.2 Å². The number of benzene rings is 2. The quantitative estimate of drug-likeness (QED) is 0.508. The lowest BCUT2D eigenvalue weighted by atomic mass is 10.2. The Hall–Kier alpha value is -2.95. The van der Waals surface area contributed by atoms with Crippen LogP contribution >= 0.6 is 11.3 Å².